The highest BCUT2D eigenvalue weighted by Gasteiger charge is 2.26. The van der Waals surface area contributed by atoms with Crippen LogP contribution < -0.4 is 4.74 Å². The summed E-state index contributed by atoms with van der Waals surface area (Å²) >= 11 is 0. The van der Waals surface area contributed by atoms with E-state index in [1.165, 1.54) is 12.3 Å². The van der Waals surface area contributed by atoms with Crippen molar-refractivity contribution in [3.8, 4) is 11.9 Å². The number of ether oxygens (including phenoxy) is 2. The fraction of sp³-hybridized carbons (Fsp3) is 0.367. The predicted molar refractivity (Wildman–Crippen MR) is 146 cm³/mol. The van der Waals surface area contributed by atoms with Gasteiger partial charge in [0.05, 0.1) is 59.3 Å². The van der Waals surface area contributed by atoms with Crippen molar-refractivity contribution in [1.29, 1.82) is 5.26 Å². The molecule has 2 aliphatic heterocycles. The Kier molecular flexibility index (Phi) is 7.59. The summed E-state index contributed by atoms with van der Waals surface area (Å²) in [4.78, 5) is 27.7. The zero-order chi connectivity index (χ0) is 28.3. The van der Waals surface area contributed by atoms with E-state index in [1.54, 1.807) is 36.5 Å². The van der Waals surface area contributed by atoms with Crippen LogP contribution in [-0.4, -0.2) is 61.3 Å². The Morgan fingerprint density at radius 2 is 1.98 bits per heavy atom. The van der Waals surface area contributed by atoms with Crippen molar-refractivity contribution in [2.75, 3.05) is 19.7 Å². The smallest absolute Gasteiger partial charge is 0.335 e. The first kappa shape index (κ1) is 26.8. The normalized spacial score (nSPS) is 17.7. The number of nitriles is 1. The van der Waals surface area contributed by atoms with Crippen LogP contribution in [0.4, 0.5) is 4.39 Å². The lowest BCUT2D eigenvalue weighted by molar-refractivity contribution is -0.0592. The molecule has 4 heterocycles. The Balaban J connectivity index is 1.10. The molecule has 1 atom stereocenters. The van der Waals surface area contributed by atoms with Crippen LogP contribution >= 0.6 is 0 Å². The first-order valence-corrected chi connectivity index (χ1v) is 13.7. The third-order valence-electron chi connectivity index (χ3n) is 7.81. The number of carbonyl (C=O) groups is 1. The summed E-state index contributed by atoms with van der Waals surface area (Å²) in [5.74, 6) is 0.0103. The molecule has 2 fully saturated rings. The molecule has 2 aliphatic rings. The van der Waals surface area contributed by atoms with Gasteiger partial charge in [-0.15, -0.1) is 0 Å². The number of halogens is 1. The standard InChI is InChI=1S/C30H29FN6O4/c31-24-11-19(13-32)1-2-22(24)18-41-29-15-33-14-26(35-29)20-5-8-36(9-6-20)17-28-34-25-4-3-21(30(38)39)12-27(25)37(28)16-23-7-10-40-23/h1-4,11-12,14-15,20,23H,5-10,16-18H2,(H,38,39)/t23-/m0/s1. The number of benzene rings is 2. The van der Waals surface area contributed by atoms with E-state index in [4.69, 9.17) is 19.7 Å². The largest absolute Gasteiger partial charge is 0.478 e. The summed E-state index contributed by atoms with van der Waals surface area (Å²) in [5.41, 5.74) is 3.30. The topological polar surface area (TPSA) is 126 Å². The summed E-state index contributed by atoms with van der Waals surface area (Å²) in [6.07, 6.45) is 6.15. The second-order valence-corrected chi connectivity index (χ2v) is 10.5. The maximum Gasteiger partial charge on any atom is 0.335 e. The molecule has 11 heteroatoms. The van der Waals surface area contributed by atoms with Crippen LogP contribution in [0.25, 0.3) is 11.0 Å². The molecule has 0 unspecified atom stereocenters. The first-order valence-electron chi connectivity index (χ1n) is 13.7. The monoisotopic (exact) mass is 556 g/mol. The van der Waals surface area contributed by atoms with Crippen LogP contribution in [0.1, 0.15) is 58.2 Å². The number of carboxylic acids is 1. The molecule has 0 bridgehead atoms. The minimum Gasteiger partial charge on any atom is -0.478 e. The Labute approximate surface area is 236 Å². The van der Waals surface area contributed by atoms with Crippen LogP contribution in [-0.2, 0) is 24.4 Å². The van der Waals surface area contributed by atoms with Gasteiger partial charge in [-0.1, -0.05) is 6.07 Å². The highest BCUT2D eigenvalue weighted by Crippen LogP contribution is 2.29. The molecule has 2 saturated heterocycles. The number of nitrogens with zero attached hydrogens (tertiary/aromatic N) is 6. The van der Waals surface area contributed by atoms with Crippen molar-refractivity contribution < 1.29 is 23.8 Å². The fourth-order valence-corrected chi connectivity index (χ4v) is 5.36. The summed E-state index contributed by atoms with van der Waals surface area (Å²) < 4.78 is 27.7. The van der Waals surface area contributed by atoms with E-state index in [9.17, 15) is 14.3 Å². The molecule has 0 aliphatic carbocycles. The quantitative estimate of drug-likeness (QED) is 0.321. The molecule has 1 N–H and O–H groups in total. The maximum absolute atomic E-state index is 14.2. The summed E-state index contributed by atoms with van der Waals surface area (Å²) in [5, 5.41) is 18.4. The lowest BCUT2D eigenvalue weighted by Crippen LogP contribution is -2.35. The SMILES string of the molecule is N#Cc1ccc(COc2cncc(C3CCN(Cc4nc5ccc(C(=O)O)cc5n4C[C@@H]4CCO4)CC3)n2)c(F)c1. The van der Waals surface area contributed by atoms with Crippen LogP contribution in [0.2, 0.25) is 0 Å². The number of aromatic nitrogens is 4. The molecule has 0 amide bonds. The number of fused-ring (bicyclic) bond motifs is 1. The van der Waals surface area contributed by atoms with Gasteiger partial charge in [0, 0.05) is 24.3 Å². The lowest BCUT2D eigenvalue weighted by Gasteiger charge is -2.32. The highest BCUT2D eigenvalue weighted by atomic mass is 19.1. The van der Waals surface area contributed by atoms with E-state index < -0.39 is 11.8 Å². The number of imidazole rings is 1. The van der Waals surface area contributed by atoms with Gasteiger partial charge in [-0.3, -0.25) is 9.88 Å². The molecule has 6 rings (SSSR count). The Hall–Kier alpha value is -4.40. The third-order valence-corrected chi connectivity index (χ3v) is 7.81. The maximum atomic E-state index is 14.2. The number of hydrogen-bond donors (Lipinski definition) is 1. The van der Waals surface area contributed by atoms with Crippen molar-refractivity contribution in [3.63, 3.8) is 0 Å². The van der Waals surface area contributed by atoms with Crippen molar-refractivity contribution in [2.45, 2.75) is 51.0 Å². The van der Waals surface area contributed by atoms with Gasteiger partial charge in [0.25, 0.3) is 0 Å². The first-order chi connectivity index (χ1) is 20.0. The molecule has 210 valence electrons. The number of piperidine rings is 1. The van der Waals surface area contributed by atoms with E-state index in [0.717, 1.165) is 61.5 Å². The zero-order valence-electron chi connectivity index (χ0n) is 22.4. The van der Waals surface area contributed by atoms with Crippen LogP contribution in [0.15, 0.2) is 48.8 Å². The van der Waals surface area contributed by atoms with Gasteiger partial charge < -0.3 is 19.1 Å². The van der Waals surface area contributed by atoms with Gasteiger partial charge in [0.2, 0.25) is 5.88 Å². The van der Waals surface area contributed by atoms with E-state index in [2.05, 4.69) is 19.4 Å². The van der Waals surface area contributed by atoms with E-state index in [0.29, 0.717) is 24.5 Å². The van der Waals surface area contributed by atoms with E-state index in [-0.39, 0.29) is 29.8 Å². The minimum absolute atomic E-state index is 0.00498. The van der Waals surface area contributed by atoms with Gasteiger partial charge in [0.1, 0.15) is 18.2 Å². The second-order valence-electron chi connectivity index (χ2n) is 10.5. The molecule has 41 heavy (non-hydrogen) atoms. The van der Waals surface area contributed by atoms with Crippen molar-refractivity contribution in [1.82, 2.24) is 24.4 Å². The third kappa shape index (κ3) is 5.89. The number of hydrogen-bond acceptors (Lipinski definition) is 8. The van der Waals surface area contributed by atoms with Crippen molar-refractivity contribution in [3.05, 3.63) is 82.8 Å². The predicted octanol–water partition coefficient (Wildman–Crippen LogP) is 4.28. The molecular formula is C30H29FN6O4. The average molecular weight is 557 g/mol. The van der Waals surface area contributed by atoms with Crippen LogP contribution in [0, 0.1) is 17.1 Å². The van der Waals surface area contributed by atoms with Crippen LogP contribution in [0.5, 0.6) is 5.88 Å². The summed E-state index contributed by atoms with van der Waals surface area (Å²) in [7, 11) is 0. The molecule has 0 spiro atoms. The molecule has 2 aromatic carbocycles. The zero-order valence-corrected chi connectivity index (χ0v) is 22.4. The van der Waals surface area contributed by atoms with Gasteiger partial charge in [-0.2, -0.15) is 5.26 Å². The number of rotatable bonds is 9. The fourth-order valence-electron chi connectivity index (χ4n) is 5.36. The van der Waals surface area contributed by atoms with Gasteiger partial charge in [-0.05, 0) is 62.7 Å². The Morgan fingerprint density at radius 3 is 2.68 bits per heavy atom. The molecule has 0 radical (unpaired) electrons. The van der Waals surface area contributed by atoms with Crippen LogP contribution in [0.3, 0.4) is 0 Å². The number of aromatic carboxylic acids is 1. The lowest BCUT2D eigenvalue weighted by atomic mass is 9.94. The second kappa shape index (κ2) is 11.6. The number of carboxylic acid groups (broad SMARTS) is 1. The summed E-state index contributed by atoms with van der Waals surface area (Å²) in [6.45, 7) is 3.74. The molecule has 10 nitrogen and oxygen atoms in total. The highest BCUT2D eigenvalue weighted by molar-refractivity contribution is 5.92. The summed E-state index contributed by atoms with van der Waals surface area (Å²) in [6, 6.07) is 11.3. The Bertz CT molecular complexity index is 1620. The molecule has 0 saturated carbocycles. The average Bonchev–Trinajstić information content (AvgIpc) is 3.30. The van der Waals surface area contributed by atoms with E-state index >= 15 is 0 Å². The van der Waals surface area contributed by atoms with Gasteiger partial charge in [0.15, 0.2) is 0 Å². The number of likely N-dealkylation sites (tertiary alicyclic amines) is 1. The van der Waals surface area contributed by atoms with Gasteiger partial charge in [-0.25, -0.2) is 19.2 Å². The minimum atomic E-state index is -0.956. The molecule has 4 aromatic rings. The van der Waals surface area contributed by atoms with Crippen molar-refractivity contribution >= 4 is 17.0 Å². The van der Waals surface area contributed by atoms with Gasteiger partial charge >= 0.3 is 5.97 Å². The molecular weight excluding hydrogens is 527 g/mol. The molecule has 2 aromatic heterocycles. The van der Waals surface area contributed by atoms with Crippen molar-refractivity contribution in [2.24, 2.45) is 0 Å². The Morgan fingerprint density at radius 1 is 1.15 bits per heavy atom. The van der Waals surface area contributed by atoms with E-state index in [1.807, 2.05) is 6.07 Å².